The molecule has 1 saturated carbocycles. The van der Waals surface area contributed by atoms with Crippen molar-refractivity contribution in [1.29, 1.82) is 0 Å². The van der Waals surface area contributed by atoms with E-state index in [-0.39, 0.29) is 31.4 Å². The Morgan fingerprint density at radius 3 is 2.62 bits per heavy atom. The summed E-state index contributed by atoms with van der Waals surface area (Å²) in [6.07, 6.45) is 0.192. The van der Waals surface area contributed by atoms with Crippen LogP contribution < -0.4 is 0 Å². The molecule has 0 radical (unpaired) electrons. The Morgan fingerprint density at radius 2 is 1.95 bits per heavy atom. The molecule has 6 heteroatoms. The van der Waals surface area contributed by atoms with Gasteiger partial charge < -0.3 is 10.0 Å². The zero-order valence-electron chi connectivity index (χ0n) is 12.2. The lowest BCUT2D eigenvalue weighted by Crippen LogP contribution is -2.42. The fraction of sp³-hybridized carbons (Fsp3) is 0.933. The minimum absolute atomic E-state index is 0.0500. The molecule has 1 heterocycles. The SMILES string of the molecule is O=C(C1CCCC(C(F)(F)F)C1)N1CCCC1CCCO. The van der Waals surface area contributed by atoms with Crippen LogP contribution in [0.4, 0.5) is 13.2 Å². The standard InChI is InChI=1S/C15H24F3NO2/c16-15(17,18)12-5-1-4-11(10-12)14(21)19-8-2-6-13(19)7-3-9-20/h11-13,20H,1-10H2. The largest absolute Gasteiger partial charge is 0.396 e. The predicted octanol–water partition coefficient (Wildman–Crippen LogP) is 3.12. The quantitative estimate of drug-likeness (QED) is 0.867. The van der Waals surface area contributed by atoms with Crippen molar-refractivity contribution in [2.24, 2.45) is 11.8 Å². The summed E-state index contributed by atoms with van der Waals surface area (Å²) in [5.41, 5.74) is 0. The molecule has 1 aliphatic heterocycles. The maximum absolute atomic E-state index is 12.8. The van der Waals surface area contributed by atoms with Gasteiger partial charge in [0.25, 0.3) is 0 Å². The molecule has 0 aromatic carbocycles. The van der Waals surface area contributed by atoms with Crippen molar-refractivity contribution in [2.75, 3.05) is 13.2 Å². The average Bonchev–Trinajstić information content (AvgIpc) is 2.92. The third-order valence-electron chi connectivity index (χ3n) is 4.84. The summed E-state index contributed by atoms with van der Waals surface area (Å²) in [7, 11) is 0. The van der Waals surface area contributed by atoms with Crippen LogP contribution >= 0.6 is 0 Å². The van der Waals surface area contributed by atoms with Crippen LogP contribution in [-0.4, -0.2) is 41.3 Å². The van der Waals surface area contributed by atoms with Gasteiger partial charge in [-0.25, -0.2) is 0 Å². The molecule has 2 aliphatic rings. The molecular formula is C15H24F3NO2. The zero-order chi connectivity index (χ0) is 15.5. The van der Waals surface area contributed by atoms with Crippen LogP contribution in [0.15, 0.2) is 0 Å². The van der Waals surface area contributed by atoms with E-state index in [1.54, 1.807) is 4.90 Å². The molecule has 1 saturated heterocycles. The van der Waals surface area contributed by atoms with Crippen LogP contribution in [0.1, 0.15) is 51.4 Å². The highest BCUT2D eigenvalue weighted by molar-refractivity contribution is 5.79. The number of alkyl halides is 3. The van der Waals surface area contributed by atoms with Crippen LogP contribution in [0.25, 0.3) is 0 Å². The first-order valence-electron chi connectivity index (χ1n) is 7.91. The van der Waals surface area contributed by atoms with Gasteiger partial charge in [-0.05, 0) is 44.9 Å². The molecule has 1 N–H and O–H groups in total. The van der Waals surface area contributed by atoms with Crippen molar-refractivity contribution >= 4 is 5.91 Å². The minimum Gasteiger partial charge on any atom is -0.396 e. The fourth-order valence-electron chi connectivity index (χ4n) is 3.70. The van der Waals surface area contributed by atoms with Gasteiger partial charge in [0.05, 0.1) is 5.92 Å². The second-order valence-corrected chi connectivity index (χ2v) is 6.30. The van der Waals surface area contributed by atoms with Crippen LogP contribution in [0.5, 0.6) is 0 Å². The summed E-state index contributed by atoms with van der Waals surface area (Å²) < 4.78 is 38.5. The molecule has 3 unspecified atom stereocenters. The molecule has 2 fully saturated rings. The van der Waals surface area contributed by atoms with Gasteiger partial charge in [-0.2, -0.15) is 13.2 Å². The maximum Gasteiger partial charge on any atom is 0.391 e. The molecule has 2 rings (SSSR count). The van der Waals surface area contributed by atoms with Gasteiger partial charge in [0.2, 0.25) is 5.91 Å². The highest BCUT2D eigenvalue weighted by Crippen LogP contribution is 2.41. The Labute approximate surface area is 123 Å². The number of hydrogen-bond donors (Lipinski definition) is 1. The number of hydrogen-bond acceptors (Lipinski definition) is 2. The van der Waals surface area contributed by atoms with E-state index < -0.39 is 18.0 Å². The van der Waals surface area contributed by atoms with Crippen molar-refractivity contribution in [2.45, 2.75) is 63.6 Å². The van der Waals surface area contributed by atoms with Crippen molar-refractivity contribution in [3.05, 3.63) is 0 Å². The lowest BCUT2D eigenvalue weighted by atomic mass is 9.80. The van der Waals surface area contributed by atoms with Gasteiger partial charge in [-0.1, -0.05) is 6.42 Å². The smallest absolute Gasteiger partial charge is 0.391 e. The molecular weight excluding hydrogens is 283 g/mol. The van der Waals surface area contributed by atoms with E-state index in [0.717, 1.165) is 19.3 Å². The lowest BCUT2D eigenvalue weighted by Gasteiger charge is -2.34. The number of amides is 1. The number of aliphatic hydroxyl groups is 1. The van der Waals surface area contributed by atoms with E-state index in [1.165, 1.54) is 0 Å². The topological polar surface area (TPSA) is 40.5 Å². The Bertz CT molecular complexity index is 359. The average molecular weight is 307 g/mol. The van der Waals surface area contributed by atoms with Crippen LogP contribution in [0, 0.1) is 11.8 Å². The highest BCUT2D eigenvalue weighted by Gasteiger charge is 2.45. The van der Waals surface area contributed by atoms with E-state index in [0.29, 0.717) is 25.8 Å². The molecule has 3 nitrogen and oxygen atoms in total. The number of nitrogens with zero attached hydrogens (tertiary/aromatic N) is 1. The van der Waals surface area contributed by atoms with Crippen molar-refractivity contribution in [3.8, 4) is 0 Å². The number of carbonyl (C=O) groups excluding carboxylic acids is 1. The summed E-state index contributed by atoms with van der Waals surface area (Å²) in [5.74, 6) is -1.89. The fourth-order valence-corrected chi connectivity index (χ4v) is 3.70. The third kappa shape index (κ3) is 4.11. The minimum atomic E-state index is -4.18. The van der Waals surface area contributed by atoms with Crippen LogP contribution in [-0.2, 0) is 4.79 Å². The first-order chi connectivity index (χ1) is 9.93. The molecule has 1 amide bonds. The van der Waals surface area contributed by atoms with Crippen molar-refractivity contribution in [3.63, 3.8) is 0 Å². The summed E-state index contributed by atoms with van der Waals surface area (Å²) in [6, 6.07) is 0.107. The normalized spacial score (nSPS) is 30.7. The first kappa shape index (κ1) is 16.6. The Balaban J connectivity index is 1.95. The van der Waals surface area contributed by atoms with E-state index in [1.807, 2.05) is 0 Å². The van der Waals surface area contributed by atoms with E-state index in [4.69, 9.17) is 5.11 Å². The second-order valence-electron chi connectivity index (χ2n) is 6.30. The molecule has 21 heavy (non-hydrogen) atoms. The number of carbonyl (C=O) groups is 1. The number of halogens is 3. The van der Waals surface area contributed by atoms with Gasteiger partial charge in [0, 0.05) is 25.1 Å². The van der Waals surface area contributed by atoms with Crippen molar-refractivity contribution < 1.29 is 23.1 Å². The highest BCUT2D eigenvalue weighted by atomic mass is 19.4. The zero-order valence-corrected chi connectivity index (χ0v) is 12.2. The Kier molecular flexibility index (Phi) is 5.52. The summed E-state index contributed by atoms with van der Waals surface area (Å²) >= 11 is 0. The van der Waals surface area contributed by atoms with Gasteiger partial charge in [-0.3, -0.25) is 4.79 Å². The lowest BCUT2D eigenvalue weighted by molar-refractivity contribution is -0.187. The van der Waals surface area contributed by atoms with Gasteiger partial charge in [-0.15, -0.1) is 0 Å². The van der Waals surface area contributed by atoms with Crippen LogP contribution in [0.3, 0.4) is 0 Å². The van der Waals surface area contributed by atoms with Gasteiger partial charge in [0.15, 0.2) is 0 Å². The summed E-state index contributed by atoms with van der Waals surface area (Å²) in [4.78, 5) is 14.3. The summed E-state index contributed by atoms with van der Waals surface area (Å²) in [6.45, 7) is 0.750. The molecule has 1 aliphatic carbocycles. The summed E-state index contributed by atoms with van der Waals surface area (Å²) in [5, 5.41) is 8.90. The Morgan fingerprint density at radius 1 is 1.19 bits per heavy atom. The molecule has 0 spiro atoms. The number of rotatable bonds is 4. The predicted molar refractivity (Wildman–Crippen MR) is 72.6 cm³/mol. The molecule has 0 bridgehead atoms. The van der Waals surface area contributed by atoms with Crippen molar-refractivity contribution in [1.82, 2.24) is 4.90 Å². The molecule has 122 valence electrons. The first-order valence-corrected chi connectivity index (χ1v) is 7.91. The molecule has 0 aromatic heterocycles. The monoisotopic (exact) mass is 307 g/mol. The van der Waals surface area contributed by atoms with E-state index in [9.17, 15) is 18.0 Å². The number of likely N-dealkylation sites (tertiary alicyclic amines) is 1. The molecule has 3 atom stereocenters. The molecule has 0 aromatic rings. The van der Waals surface area contributed by atoms with Crippen LogP contribution in [0.2, 0.25) is 0 Å². The second kappa shape index (κ2) is 6.99. The maximum atomic E-state index is 12.8. The van der Waals surface area contributed by atoms with Gasteiger partial charge in [0.1, 0.15) is 0 Å². The van der Waals surface area contributed by atoms with E-state index in [2.05, 4.69) is 0 Å². The van der Waals surface area contributed by atoms with Gasteiger partial charge >= 0.3 is 6.18 Å². The number of aliphatic hydroxyl groups excluding tert-OH is 1. The Hall–Kier alpha value is -0.780. The third-order valence-corrected chi connectivity index (χ3v) is 4.84. The van der Waals surface area contributed by atoms with E-state index >= 15 is 0 Å².